The lowest BCUT2D eigenvalue weighted by atomic mass is 10.1. The van der Waals surface area contributed by atoms with E-state index in [1.807, 2.05) is 0 Å². The Morgan fingerprint density at radius 2 is 1.78 bits per heavy atom. The van der Waals surface area contributed by atoms with Gasteiger partial charge in [0.2, 0.25) is 0 Å². The molecule has 0 unspecified atom stereocenters. The molecule has 2 amide bonds. The van der Waals surface area contributed by atoms with Crippen molar-refractivity contribution in [3.8, 4) is 5.75 Å². The highest BCUT2D eigenvalue weighted by Gasteiger charge is 2.35. The smallest absolute Gasteiger partial charge is 0.271 e. The standard InChI is InChI=1S/C13H10BrN3O5S/c1-15-11(19)8(12(20)16(2)13(15)23)4-6-3-7(17(21)22)5-9(14)10(6)18/h3-5,18H,1-2H3. The van der Waals surface area contributed by atoms with E-state index in [2.05, 4.69) is 15.9 Å². The lowest BCUT2D eigenvalue weighted by Crippen LogP contribution is -2.52. The molecule has 1 saturated heterocycles. The van der Waals surface area contributed by atoms with E-state index >= 15 is 0 Å². The van der Waals surface area contributed by atoms with Crippen molar-refractivity contribution in [2.45, 2.75) is 0 Å². The molecule has 1 aliphatic rings. The van der Waals surface area contributed by atoms with Crippen molar-refractivity contribution >= 4 is 56.8 Å². The average Bonchev–Trinajstić information content (AvgIpc) is 2.51. The van der Waals surface area contributed by atoms with Crippen LogP contribution < -0.4 is 0 Å². The summed E-state index contributed by atoms with van der Waals surface area (Å²) >= 11 is 7.96. The van der Waals surface area contributed by atoms with Crippen LogP contribution in [0.2, 0.25) is 0 Å². The minimum absolute atomic E-state index is 0.0302. The maximum absolute atomic E-state index is 12.2. The first-order valence-electron chi connectivity index (χ1n) is 6.13. The molecule has 0 spiro atoms. The van der Waals surface area contributed by atoms with Crippen LogP contribution in [0.3, 0.4) is 0 Å². The van der Waals surface area contributed by atoms with Crippen LogP contribution in [0.1, 0.15) is 5.56 Å². The number of hydrogen-bond donors (Lipinski definition) is 1. The van der Waals surface area contributed by atoms with Gasteiger partial charge in [-0.3, -0.25) is 29.5 Å². The molecule has 0 saturated carbocycles. The van der Waals surface area contributed by atoms with Gasteiger partial charge in [0.05, 0.1) is 9.40 Å². The van der Waals surface area contributed by atoms with E-state index in [-0.39, 0.29) is 32.2 Å². The molecule has 2 rings (SSSR count). The summed E-state index contributed by atoms with van der Waals surface area (Å²) in [4.78, 5) is 36.9. The molecule has 10 heteroatoms. The fourth-order valence-corrected chi connectivity index (χ4v) is 2.58. The zero-order valence-electron chi connectivity index (χ0n) is 11.9. The molecule has 120 valence electrons. The normalized spacial score (nSPS) is 15.3. The van der Waals surface area contributed by atoms with Crippen LogP contribution in [0.4, 0.5) is 5.69 Å². The summed E-state index contributed by atoms with van der Waals surface area (Å²) in [6.45, 7) is 0. The average molecular weight is 400 g/mol. The van der Waals surface area contributed by atoms with Gasteiger partial charge in [-0.25, -0.2) is 0 Å². The van der Waals surface area contributed by atoms with Crippen LogP contribution in [-0.2, 0) is 9.59 Å². The van der Waals surface area contributed by atoms with Crippen molar-refractivity contribution in [1.29, 1.82) is 0 Å². The number of non-ortho nitro benzene ring substituents is 1. The number of aromatic hydroxyl groups is 1. The Morgan fingerprint density at radius 3 is 2.26 bits per heavy atom. The molecule has 1 aromatic rings. The molecule has 0 atom stereocenters. The zero-order valence-corrected chi connectivity index (χ0v) is 14.3. The predicted molar refractivity (Wildman–Crippen MR) is 88.6 cm³/mol. The number of nitro benzene ring substituents is 1. The third-order valence-corrected chi connectivity index (χ3v) is 4.38. The number of benzene rings is 1. The predicted octanol–water partition coefficient (Wildman–Crippen LogP) is 1.66. The highest BCUT2D eigenvalue weighted by molar-refractivity contribution is 9.10. The maximum Gasteiger partial charge on any atom is 0.271 e. The first-order chi connectivity index (χ1) is 10.6. The summed E-state index contributed by atoms with van der Waals surface area (Å²) in [5.41, 5.74) is -0.585. The van der Waals surface area contributed by atoms with Crippen LogP contribution >= 0.6 is 28.1 Å². The Hall–Kier alpha value is -2.33. The van der Waals surface area contributed by atoms with Crippen LogP contribution in [0, 0.1) is 10.1 Å². The fourth-order valence-electron chi connectivity index (χ4n) is 1.95. The van der Waals surface area contributed by atoms with Crippen molar-refractivity contribution in [2.24, 2.45) is 0 Å². The molecule has 0 aromatic heterocycles. The summed E-state index contributed by atoms with van der Waals surface area (Å²) in [5, 5.41) is 20.9. The minimum atomic E-state index is -0.653. The van der Waals surface area contributed by atoms with Gasteiger partial charge in [0.15, 0.2) is 5.11 Å². The number of halogens is 1. The van der Waals surface area contributed by atoms with Crippen LogP contribution in [0.5, 0.6) is 5.75 Å². The molecule has 0 aliphatic carbocycles. The number of nitrogens with zero attached hydrogens (tertiary/aromatic N) is 3. The number of likely N-dealkylation sites (N-methyl/N-ethyl adjacent to an activating group) is 2. The second kappa shape index (κ2) is 6.05. The van der Waals surface area contributed by atoms with Gasteiger partial charge >= 0.3 is 0 Å². The SMILES string of the molecule is CN1C(=O)C(=Cc2cc([N+](=O)[O-])cc(Br)c2O)C(=O)N(C)C1=S. The highest BCUT2D eigenvalue weighted by Crippen LogP contribution is 2.34. The second-order valence-corrected chi connectivity index (χ2v) is 5.91. The molecule has 0 bridgehead atoms. The number of hydrogen-bond acceptors (Lipinski definition) is 6. The molecule has 1 N–H and O–H groups in total. The summed E-state index contributed by atoms with van der Waals surface area (Å²) in [6, 6.07) is 2.19. The first-order valence-corrected chi connectivity index (χ1v) is 7.34. The van der Waals surface area contributed by atoms with Crippen molar-refractivity contribution < 1.29 is 19.6 Å². The third-order valence-electron chi connectivity index (χ3n) is 3.23. The van der Waals surface area contributed by atoms with Gasteiger partial charge in [0.1, 0.15) is 11.3 Å². The second-order valence-electron chi connectivity index (χ2n) is 4.69. The Bertz CT molecular complexity index is 766. The minimum Gasteiger partial charge on any atom is -0.506 e. The van der Waals surface area contributed by atoms with Crippen molar-refractivity contribution in [2.75, 3.05) is 14.1 Å². The monoisotopic (exact) mass is 399 g/mol. The van der Waals surface area contributed by atoms with E-state index in [0.29, 0.717) is 0 Å². The molecule has 0 radical (unpaired) electrons. The summed E-state index contributed by atoms with van der Waals surface area (Å²) in [7, 11) is 2.81. The topological polar surface area (TPSA) is 104 Å². The number of phenols is 1. The maximum atomic E-state index is 12.2. The van der Waals surface area contributed by atoms with Crippen molar-refractivity contribution in [3.05, 3.63) is 37.9 Å². The van der Waals surface area contributed by atoms with Gasteiger partial charge in [0, 0.05) is 31.8 Å². The molecule has 23 heavy (non-hydrogen) atoms. The number of phenolic OH excluding ortho intramolecular Hbond substituents is 1. The van der Waals surface area contributed by atoms with E-state index in [9.17, 15) is 24.8 Å². The first kappa shape index (κ1) is 17.0. The van der Waals surface area contributed by atoms with E-state index in [4.69, 9.17) is 12.2 Å². The lowest BCUT2D eigenvalue weighted by Gasteiger charge is -2.31. The quantitative estimate of drug-likeness (QED) is 0.266. The van der Waals surface area contributed by atoms with Crippen LogP contribution in [0.15, 0.2) is 22.2 Å². The van der Waals surface area contributed by atoms with Gasteiger partial charge in [0.25, 0.3) is 17.5 Å². The van der Waals surface area contributed by atoms with Gasteiger partial charge in [-0.2, -0.15) is 0 Å². The Labute approximate surface area is 144 Å². The Kier molecular flexibility index (Phi) is 4.48. The summed E-state index contributed by atoms with van der Waals surface area (Å²) < 4.78 is 0.0755. The van der Waals surface area contributed by atoms with Crippen molar-refractivity contribution in [3.63, 3.8) is 0 Å². The van der Waals surface area contributed by atoms with E-state index < -0.39 is 16.7 Å². The van der Waals surface area contributed by atoms with E-state index in [1.165, 1.54) is 14.1 Å². The molecule has 1 aliphatic heterocycles. The van der Waals surface area contributed by atoms with Gasteiger partial charge in [-0.1, -0.05) is 0 Å². The molecule has 1 aromatic carbocycles. The van der Waals surface area contributed by atoms with Gasteiger partial charge in [-0.15, -0.1) is 0 Å². The molecule has 8 nitrogen and oxygen atoms in total. The summed E-state index contributed by atoms with van der Waals surface area (Å²) in [5.74, 6) is -1.62. The number of nitro groups is 1. The Balaban J connectivity index is 2.61. The fraction of sp³-hybridized carbons (Fsp3) is 0.154. The van der Waals surface area contributed by atoms with Gasteiger partial charge < -0.3 is 5.11 Å². The number of carbonyl (C=O) groups is 2. The number of carbonyl (C=O) groups excluding carboxylic acids is 2. The van der Waals surface area contributed by atoms with E-state index in [0.717, 1.165) is 28.0 Å². The largest absolute Gasteiger partial charge is 0.506 e. The lowest BCUT2D eigenvalue weighted by molar-refractivity contribution is -0.385. The molecular formula is C13H10BrN3O5S. The van der Waals surface area contributed by atoms with Gasteiger partial charge in [-0.05, 0) is 34.2 Å². The zero-order chi connectivity index (χ0) is 17.5. The molecule has 1 heterocycles. The Morgan fingerprint density at radius 1 is 1.26 bits per heavy atom. The molecular weight excluding hydrogens is 390 g/mol. The van der Waals surface area contributed by atoms with Crippen LogP contribution in [-0.4, -0.2) is 50.9 Å². The number of thiocarbonyl (C=S) groups is 1. The number of amides is 2. The highest BCUT2D eigenvalue weighted by atomic mass is 79.9. The molecule has 1 fully saturated rings. The number of rotatable bonds is 2. The van der Waals surface area contributed by atoms with Crippen LogP contribution in [0.25, 0.3) is 6.08 Å². The third kappa shape index (κ3) is 2.94. The summed E-state index contributed by atoms with van der Waals surface area (Å²) in [6.07, 6.45) is 1.10. The van der Waals surface area contributed by atoms with E-state index in [1.54, 1.807) is 0 Å². The van der Waals surface area contributed by atoms with Crippen molar-refractivity contribution in [1.82, 2.24) is 9.80 Å².